The van der Waals surface area contributed by atoms with Gasteiger partial charge in [0.05, 0.1) is 35.3 Å². The van der Waals surface area contributed by atoms with Gasteiger partial charge in [-0.2, -0.15) is 0 Å². The van der Waals surface area contributed by atoms with Gasteiger partial charge in [-0.3, -0.25) is 4.79 Å². The first-order valence-corrected chi connectivity index (χ1v) is 9.98. The maximum Gasteiger partial charge on any atom is 0.230 e. The zero-order valence-corrected chi connectivity index (χ0v) is 16.0. The van der Waals surface area contributed by atoms with Crippen LogP contribution in [0.5, 0.6) is 0 Å². The van der Waals surface area contributed by atoms with Crippen LogP contribution in [0.3, 0.4) is 0 Å². The smallest absolute Gasteiger partial charge is 0.230 e. The average molecular weight is 389 g/mol. The van der Waals surface area contributed by atoms with Crippen LogP contribution in [-0.2, 0) is 17.8 Å². The highest BCUT2D eigenvalue weighted by molar-refractivity contribution is 7.99. The number of nitrogens with one attached hydrogen (secondary N) is 1. The number of furan rings is 1. The molecule has 1 amide bonds. The molecule has 0 saturated carbocycles. The normalized spacial score (nSPS) is 10.9. The van der Waals surface area contributed by atoms with Gasteiger partial charge in [-0.15, -0.1) is 0 Å². The lowest BCUT2D eigenvalue weighted by Gasteiger charge is -2.10. The molecule has 0 spiro atoms. The number of para-hydroxylation sites is 2. The topological polar surface area (TPSA) is 68.0 Å². The van der Waals surface area contributed by atoms with E-state index < -0.39 is 0 Å². The summed E-state index contributed by atoms with van der Waals surface area (Å²) in [6.45, 7) is 0.382. The summed E-state index contributed by atoms with van der Waals surface area (Å²) >= 11 is 1.41. The Balaban J connectivity index is 1.50. The lowest BCUT2D eigenvalue weighted by Crippen LogP contribution is -2.24. The molecule has 140 valence electrons. The molecule has 0 bridgehead atoms. The molecule has 0 aliphatic carbocycles. The molecule has 0 aliphatic rings. The molecule has 0 atom stereocenters. The first-order valence-electron chi connectivity index (χ1n) is 8.99. The molecule has 0 fully saturated rings. The number of amides is 1. The van der Waals surface area contributed by atoms with Gasteiger partial charge in [0.2, 0.25) is 5.91 Å². The minimum atomic E-state index is -0.0676. The van der Waals surface area contributed by atoms with E-state index in [9.17, 15) is 4.79 Å². The maximum absolute atomic E-state index is 12.2. The number of hydrogen-bond acceptors (Lipinski definition) is 5. The molecule has 5 nitrogen and oxygen atoms in total. The van der Waals surface area contributed by atoms with E-state index in [1.807, 2.05) is 48.5 Å². The van der Waals surface area contributed by atoms with Crippen molar-refractivity contribution in [1.29, 1.82) is 0 Å². The van der Waals surface area contributed by atoms with Crippen molar-refractivity contribution in [3.63, 3.8) is 0 Å². The quantitative estimate of drug-likeness (QED) is 0.479. The average Bonchev–Trinajstić information content (AvgIpc) is 3.25. The second kappa shape index (κ2) is 8.71. The van der Waals surface area contributed by atoms with E-state index in [1.54, 1.807) is 12.3 Å². The van der Waals surface area contributed by atoms with Crippen molar-refractivity contribution < 1.29 is 9.21 Å². The highest BCUT2D eigenvalue weighted by atomic mass is 32.2. The van der Waals surface area contributed by atoms with Gasteiger partial charge in [-0.1, -0.05) is 54.2 Å². The van der Waals surface area contributed by atoms with Gasteiger partial charge in [0.25, 0.3) is 0 Å². The molecule has 2 heterocycles. The molecule has 28 heavy (non-hydrogen) atoms. The number of fused-ring (bicyclic) bond motifs is 1. The molecule has 0 radical (unpaired) electrons. The Morgan fingerprint density at radius 2 is 1.68 bits per heavy atom. The summed E-state index contributed by atoms with van der Waals surface area (Å²) in [6, 6.07) is 21.6. The third-order valence-corrected chi connectivity index (χ3v) is 5.21. The Hall–Kier alpha value is -3.12. The van der Waals surface area contributed by atoms with Crippen molar-refractivity contribution in [3.8, 4) is 0 Å². The van der Waals surface area contributed by atoms with E-state index in [0.717, 1.165) is 33.1 Å². The lowest BCUT2D eigenvalue weighted by molar-refractivity contribution is -0.118. The largest absolute Gasteiger partial charge is 0.467 e. The van der Waals surface area contributed by atoms with E-state index >= 15 is 0 Å². The molecule has 2 aromatic heterocycles. The molecule has 4 rings (SSSR count). The molecule has 0 saturated heterocycles. The van der Waals surface area contributed by atoms with Crippen LogP contribution in [0.25, 0.3) is 11.0 Å². The summed E-state index contributed by atoms with van der Waals surface area (Å²) in [7, 11) is 0. The molecule has 4 aromatic rings. The number of benzene rings is 2. The van der Waals surface area contributed by atoms with Crippen LogP contribution < -0.4 is 5.32 Å². The van der Waals surface area contributed by atoms with Crippen LogP contribution in [0.1, 0.15) is 17.0 Å². The van der Waals surface area contributed by atoms with Gasteiger partial charge >= 0.3 is 0 Å². The molecule has 0 aliphatic heterocycles. The van der Waals surface area contributed by atoms with E-state index in [0.29, 0.717) is 13.0 Å². The number of nitrogens with zero attached hydrogens (tertiary/aromatic N) is 2. The summed E-state index contributed by atoms with van der Waals surface area (Å²) < 4.78 is 5.24. The number of carbonyl (C=O) groups excluding carboxylic acids is 1. The van der Waals surface area contributed by atoms with Crippen molar-refractivity contribution in [2.24, 2.45) is 0 Å². The third-order valence-electron chi connectivity index (χ3n) is 4.20. The van der Waals surface area contributed by atoms with Crippen LogP contribution in [0.4, 0.5) is 0 Å². The first-order chi connectivity index (χ1) is 13.8. The molecule has 6 heteroatoms. The summed E-state index contributed by atoms with van der Waals surface area (Å²) in [6.07, 6.45) is 2.27. The molecule has 0 unspecified atom stereocenters. The second-order valence-electron chi connectivity index (χ2n) is 6.27. The maximum atomic E-state index is 12.2. The van der Waals surface area contributed by atoms with Crippen molar-refractivity contribution in [2.75, 3.05) is 5.75 Å². The Labute approximate surface area is 167 Å². The highest BCUT2D eigenvalue weighted by Gasteiger charge is 2.13. The fourth-order valence-corrected chi connectivity index (χ4v) is 3.64. The van der Waals surface area contributed by atoms with Crippen LogP contribution >= 0.6 is 11.8 Å². The Bertz CT molecular complexity index is 1070. The number of hydrogen-bond donors (Lipinski definition) is 1. The molecular formula is C22H19N3O2S. The Kier molecular flexibility index (Phi) is 5.68. The first kappa shape index (κ1) is 18.3. The Morgan fingerprint density at radius 1 is 0.929 bits per heavy atom. The second-order valence-corrected chi connectivity index (χ2v) is 7.24. The van der Waals surface area contributed by atoms with E-state index in [-0.39, 0.29) is 11.7 Å². The summed E-state index contributed by atoms with van der Waals surface area (Å²) in [4.78, 5) is 21.8. The fourth-order valence-electron chi connectivity index (χ4n) is 2.82. The number of rotatable bonds is 7. The summed E-state index contributed by atoms with van der Waals surface area (Å²) in [5.41, 5.74) is 3.74. The van der Waals surface area contributed by atoms with Crippen molar-refractivity contribution in [2.45, 2.75) is 18.0 Å². The van der Waals surface area contributed by atoms with Crippen molar-refractivity contribution >= 4 is 28.7 Å². The number of thioether (sulfide) groups is 1. The lowest BCUT2D eigenvalue weighted by atomic mass is 10.1. The Morgan fingerprint density at radius 3 is 2.43 bits per heavy atom. The predicted molar refractivity (Wildman–Crippen MR) is 110 cm³/mol. The fraction of sp³-hybridized carbons (Fsp3) is 0.136. The van der Waals surface area contributed by atoms with Gasteiger partial charge in [0.1, 0.15) is 10.8 Å². The van der Waals surface area contributed by atoms with E-state index in [4.69, 9.17) is 14.4 Å². The van der Waals surface area contributed by atoms with Gasteiger partial charge in [0.15, 0.2) is 0 Å². The minimum Gasteiger partial charge on any atom is -0.467 e. The van der Waals surface area contributed by atoms with Crippen LogP contribution in [-0.4, -0.2) is 21.6 Å². The molecule has 1 N–H and O–H groups in total. The van der Waals surface area contributed by atoms with Crippen molar-refractivity contribution in [3.05, 3.63) is 90.0 Å². The molecular weight excluding hydrogens is 370 g/mol. The standard InChI is InChI=1S/C22H19N3O2S/c26-21(23-14-17-9-6-12-27-17)15-28-22-20(13-16-7-2-1-3-8-16)24-18-10-4-5-11-19(18)25-22/h1-12H,13-15H2,(H,23,26). The highest BCUT2D eigenvalue weighted by Crippen LogP contribution is 2.24. The number of aromatic nitrogens is 2. The van der Waals surface area contributed by atoms with Gasteiger partial charge < -0.3 is 9.73 Å². The van der Waals surface area contributed by atoms with Gasteiger partial charge in [0, 0.05) is 6.42 Å². The monoisotopic (exact) mass is 389 g/mol. The minimum absolute atomic E-state index is 0.0676. The van der Waals surface area contributed by atoms with Crippen LogP contribution in [0, 0.1) is 0 Å². The summed E-state index contributed by atoms with van der Waals surface area (Å²) in [5.74, 6) is 0.936. The SMILES string of the molecule is O=C(CSc1nc2ccccc2nc1Cc1ccccc1)NCc1ccco1. The molecule has 2 aromatic carbocycles. The van der Waals surface area contributed by atoms with Gasteiger partial charge in [-0.05, 0) is 29.8 Å². The zero-order valence-electron chi connectivity index (χ0n) is 15.2. The summed E-state index contributed by atoms with van der Waals surface area (Å²) in [5, 5.41) is 3.65. The predicted octanol–water partition coefficient (Wildman–Crippen LogP) is 4.22. The van der Waals surface area contributed by atoms with E-state index in [1.165, 1.54) is 11.8 Å². The van der Waals surface area contributed by atoms with Crippen LogP contribution in [0.2, 0.25) is 0 Å². The van der Waals surface area contributed by atoms with Crippen molar-refractivity contribution in [1.82, 2.24) is 15.3 Å². The van der Waals surface area contributed by atoms with Gasteiger partial charge in [-0.25, -0.2) is 9.97 Å². The number of carbonyl (C=O) groups is 1. The van der Waals surface area contributed by atoms with E-state index in [2.05, 4.69) is 17.4 Å². The zero-order chi connectivity index (χ0) is 19.2. The van der Waals surface area contributed by atoms with Crippen LogP contribution in [0.15, 0.2) is 82.4 Å². The third kappa shape index (κ3) is 4.58.